The Morgan fingerprint density at radius 2 is 1.75 bits per heavy atom. The molecule has 9 heteroatoms. The van der Waals surface area contributed by atoms with E-state index in [-0.39, 0.29) is 6.54 Å². The second kappa shape index (κ2) is 6.74. The first-order valence-electron chi connectivity index (χ1n) is 3.00. The van der Waals surface area contributed by atoms with Crippen LogP contribution in [0.15, 0.2) is 0 Å². The molecule has 2 atom stereocenters. The van der Waals surface area contributed by atoms with Gasteiger partial charge in [0, 0.05) is 6.54 Å². The van der Waals surface area contributed by atoms with E-state index in [1.807, 2.05) is 0 Å². The van der Waals surface area contributed by atoms with Gasteiger partial charge < -0.3 is 15.1 Å². The fourth-order valence-electron chi connectivity index (χ4n) is 0.499. The van der Waals surface area contributed by atoms with E-state index in [0.717, 1.165) is 0 Å². The summed E-state index contributed by atoms with van der Waals surface area (Å²) in [5.74, 6) is 0. The van der Waals surface area contributed by atoms with E-state index in [9.17, 15) is 9.13 Å². The molecule has 0 rings (SSSR count). The van der Waals surface area contributed by atoms with Crippen molar-refractivity contribution in [2.24, 2.45) is 0 Å². The highest BCUT2D eigenvalue weighted by Gasteiger charge is 2.12. The molecule has 0 aliphatic carbocycles. The highest BCUT2D eigenvalue weighted by molar-refractivity contribution is 7.32. The zero-order chi connectivity index (χ0) is 9.56. The average molecular weight is 219 g/mol. The third-order valence-electron chi connectivity index (χ3n) is 0.835. The summed E-state index contributed by atoms with van der Waals surface area (Å²) < 4.78 is 28.9. The van der Waals surface area contributed by atoms with Crippen molar-refractivity contribution in [2.45, 2.75) is 6.29 Å². The molecular weight excluding hydrogens is 208 g/mol. The molecule has 0 aliphatic rings. The third-order valence-corrected chi connectivity index (χ3v) is 1.76. The van der Waals surface area contributed by atoms with Crippen molar-refractivity contribution in [3.63, 3.8) is 0 Å². The van der Waals surface area contributed by atoms with E-state index in [2.05, 4.69) is 14.4 Å². The van der Waals surface area contributed by atoms with Crippen LogP contribution in [0.4, 0.5) is 0 Å². The van der Waals surface area contributed by atoms with Crippen LogP contribution in [0.5, 0.6) is 0 Å². The van der Waals surface area contributed by atoms with E-state index in [1.54, 1.807) is 7.05 Å². The lowest BCUT2D eigenvalue weighted by atomic mass is 10.6. The standard InChI is InChI=1S/C3H11NO6P2/c1-4-2-3(9-11(5)6)10-12(7)8/h3-4,11-12H,2H2,1H3,(H,5,6)(H,7,8). The van der Waals surface area contributed by atoms with Crippen LogP contribution in [0.25, 0.3) is 0 Å². The highest BCUT2D eigenvalue weighted by atomic mass is 31.1. The molecule has 0 aromatic heterocycles. The van der Waals surface area contributed by atoms with Gasteiger partial charge in [0.1, 0.15) is 0 Å². The van der Waals surface area contributed by atoms with Crippen LogP contribution < -0.4 is 5.32 Å². The van der Waals surface area contributed by atoms with Crippen LogP contribution in [0, 0.1) is 0 Å². The Morgan fingerprint density at radius 3 is 2.00 bits per heavy atom. The van der Waals surface area contributed by atoms with Crippen LogP contribution in [0.1, 0.15) is 0 Å². The molecule has 0 aromatic rings. The lowest BCUT2D eigenvalue weighted by molar-refractivity contribution is 0.00520. The molecule has 7 nitrogen and oxygen atoms in total. The summed E-state index contributed by atoms with van der Waals surface area (Å²) in [7, 11) is -4.75. The lowest BCUT2D eigenvalue weighted by Gasteiger charge is -2.13. The molecule has 0 aliphatic heterocycles. The summed E-state index contributed by atoms with van der Waals surface area (Å²) in [6.07, 6.45) is -1.16. The molecule has 0 saturated heterocycles. The van der Waals surface area contributed by atoms with Gasteiger partial charge >= 0.3 is 16.5 Å². The normalized spacial score (nSPS) is 18.6. The molecule has 0 radical (unpaired) electrons. The Morgan fingerprint density at radius 1 is 1.33 bits per heavy atom. The zero-order valence-electron chi connectivity index (χ0n) is 6.31. The summed E-state index contributed by atoms with van der Waals surface area (Å²) in [6.45, 7) is 0.0634. The Labute approximate surface area is 70.6 Å². The van der Waals surface area contributed by atoms with Gasteiger partial charge in [0.05, 0.1) is 0 Å². The highest BCUT2D eigenvalue weighted by Crippen LogP contribution is 2.25. The minimum absolute atomic E-state index is 0.0634. The average Bonchev–Trinajstić information content (AvgIpc) is 1.84. The maximum atomic E-state index is 10.1. The maximum absolute atomic E-state index is 10.1. The van der Waals surface area contributed by atoms with Gasteiger partial charge in [-0.15, -0.1) is 0 Å². The van der Waals surface area contributed by atoms with Crippen LogP contribution in [-0.4, -0.2) is 29.7 Å². The van der Waals surface area contributed by atoms with Crippen molar-refractivity contribution >= 4 is 16.5 Å². The van der Waals surface area contributed by atoms with E-state index in [0.29, 0.717) is 0 Å². The molecule has 0 spiro atoms. The molecular formula is C3H11NO6P2. The molecule has 0 amide bonds. The fourth-order valence-corrected chi connectivity index (χ4v) is 1.31. The van der Waals surface area contributed by atoms with Gasteiger partial charge in [-0.3, -0.25) is 18.2 Å². The fraction of sp³-hybridized carbons (Fsp3) is 1.00. The van der Waals surface area contributed by atoms with Gasteiger partial charge in [0.25, 0.3) is 0 Å². The van der Waals surface area contributed by atoms with Crippen molar-refractivity contribution in [1.29, 1.82) is 0 Å². The van der Waals surface area contributed by atoms with Gasteiger partial charge in [-0.2, -0.15) is 0 Å². The van der Waals surface area contributed by atoms with Crippen molar-refractivity contribution in [3.05, 3.63) is 0 Å². The third kappa shape index (κ3) is 6.94. The first-order chi connectivity index (χ1) is 5.56. The van der Waals surface area contributed by atoms with Crippen LogP contribution in [0.3, 0.4) is 0 Å². The predicted molar refractivity (Wildman–Crippen MR) is 42.3 cm³/mol. The molecule has 0 heterocycles. The van der Waals surface area contributed by atoms with Crippen LogP contribution in [0.2, 0.25) is 0 Å². The monoisotopic (exact) mass is 219 g/mol. The van der Waals surface area contributed by atoms with Crippen molar-refractivity contribution in [3.8, 4) is 0 Å². The van der Waals surface area contributed by atoms with Crippen LogP contribution in [-0.2, 0) is 18.2 Å². The lowest BCUT2D eigenvalue weighted by Crippen LogP contribution is -2.25. The Hall–Kier alpha value is 0.260. The van der Waals surface area contributed by atoms with Gasteiger partial charge in [-0.05, 0) is 7.05 Å². The molecule has 12 heavy (non-hydrogen) atoms. The first kappa shape index (κ1) is 12.3. The largest absolute Gasteiger partial charge is 0.326 e. The predicted octanol–water partition coefficient (Wildman–Crippen LogP) is -0.671. The first-order valence-corrected chi connectivity index (χ1v) is 5.52. The molecule has 3 N–H and O–H groups in total. The maximum Gasteiger partial charge on any atom is 0.318 e. The number of hydrogen-bond donors (Lipinski definition) is 3. The van der Waals surface area contributed by atoms with Gasteiger partial charge in [0.15, 0.2) is 6.29 Å². The number of likely N-dealkylation sites (N-methyl/N-ethyl adjacent to an activating group) is 1. The summed E-state index contributed by atoms with van der Waals surface area (Å²) in [4.78, 5) is 16.6. The number of hydrogen-bond acceptors (Lipinski definition) is 5. The minimum atomic E-state index is -3.15. The van der Waals surface area contributed by atoms with Crippen molar-refractivity contribution < 1.29 is 28.0 Å². The summed E-state index contributed by atoms with van der Waals surface area (Å²) in [6, 6.07) is 0. The van der Waals surface area contributed by atoms with E-state index in [1.165, 1.54) is 0 Å². The summed E-state index contributed by atoms with van der Waals surface area (Å²) in [5, 5.41) is 2.56. The molecule has 74 valence electrons. The Kier molecular flexibility index (Phi) is 6.89. The molecule has 0 aromatic carbocycles. The Balaban J connectivity index is 3.85. The molecule has 0 fully saturated rings. The van der Waals surface area contributed by atoms with Gasteiger partial charge in [0.2, 0.25) is 0 Å². The topological polar surface area (TPSA) is 105 Å². The van der Waals surface area contributed by atoms with Crippen molar-refractivity contribution in [2.75, 3.05) is 13.6 Å². The zero-order valence-corrected chi connectivity index (χ0v) is 8.31. The molecule has 0 saturated carbocycles. The molecule has 0 bridgehead atoms. The summed E-state index contributed by atoms with van der Waals surface area (Å²) in [5.41, 5.74) is 0. The van der Waals surface area contributed by atoms with Gasteiger partial charge in [-0.1, -0.05) is 0 Å². The minimum Gasteiger partial charge on any atom is -0.326 e. The smallest absolute Gasteiger partial charge is 0.318 e. The van der Waals surface area contributed by atoms with Crippen LogP contribution >= 0.6 is 16.5 Å². The molecule has 2 unspecified atom stereocenters. The second-order valence-corrected chi connectivity index (χ2v) is 3.29. The Bertz CT molecular complexity index is 158. The summed E-state index contributed by atoms with van der Waals surface area (Å²) >= 11 is 0. The van der Waals surface area contributed by atoms with E-state index < -0.39 is 22.8 Å². The van der Waals surface area contributed by atoms with E-state index >= 15 is 0 Å². The quantitative estimate of drug-likeness (QED) is 0.401. The second-order valence-electron chi connectivity index (χ2n) is 1.75. The van der Waals surface area contributed by atoms with Gasteiger partial charge in [-0.25, -0.2) is 0 Å². The van der Waals surface area contributed by atoms with E-state index in [4.69, 9.17) is 9.79 Å². The van der Waals surface area contributed by atoms with Crippen molar-refractivity contribution in [1.82, 2.24) is 5.32 Å². The number of rotatable bonds is 6. The SMILES string of the molecule is CNCC(O[PH](=O)O)O[PH](=O)O. The number of nitrogens with one attached hydrogen (secondary N) is 1.